The van der Waals surface area contributed by atoms with Crippen LogP contribution in [0, 0.1) is 6.92 Å². The summed E-state index contributed by atoms with van der Waals surface area (Å²) in [5, 5.41) is 12.8. The van der Waals surface area contributed by atoms with E-state index in [4.69, 9.17) is 4.52 Å². The van der Waals surface area contributed by atoms with E-state index in [9.17, 15) is 21.6 Å². The molecule has 2 aromatic heterocycles. The van der Waals surface area contributed by atoms with Gasteiger partial charge < -0.3 is 8.94 Å². The van der Waals surface area contributed by atoms with Crippen LogP contribution in [0.5, 0.6) is 0 Å². The third kappa shape index (κ3) is 5.57. The van der Waals surface area contributed by atoms with Gasteiger partial charge in [0.05, 0.1) is 16.3 Å². The highest BCUT2D eigenvalue weighted by Gasteiger charge is 2.38. The van der Waals surface area contributed by atoms with Gasteiger partial charge in [0.1, 0.15) is 5.69 Å². The lowest BCUT2D eigenvalue weighted by Crippen LogP contribution is -2.13. The first kappa shape index (κ1) is 25.9. The average molecular weight is 554 g/mol. The predicted molar refractivity (Wildman–Crippen MR) is 135 cm³/mol. The minimum Gasteiger partial charge on any atom is -0.418 e. The largest absolute Gasteiger partial charge is 0.451 e. The molecule has 9 nitrogen and oxygen atoms in total. The van der Waals surface area contributed by atoms with Crippen molar-refractivity contribution in [2.24, 2.45) is 10.2 Å². The Hall–Kier alpha value is -4.78. The van der Waals surface area contributed by atoms with Crippen LogP contribution in [0.1, 0.15) is 11.5 Å². The summed E-state index contributed by atoms with van der Waals surface area (Å²) in [4.78, 5) is 3.26. The van der Waals surface area contributed by atoms with Crippen LogP contribution >= 0.6 is 0 Å². The van der Waals surface area contributed by atoms with Gasteiger partial charge in [-0.3, -0.25) is 0 Å². The number of oxazole rings is 1. The van der Waals surface area contributed by atoms with Crippen LogP contribution in [0.4, 0.5) is 30.6 Å². The zero-order valence-corrected chi connectivity index (χ0v) is 20.9. The molecule has 0 atom stereocenters. The van der Waals surface area contributed by atoms with Crippen LogP contribution in [-0.2, 0) is 16.2 Å². The van der Waals surface area contributed by atoms with E-state index in [2.05, 4.69) is 24.8 Å². The number of nitrogens with one attached hydrogen (secondary N) is 1. The maximum absolute atomic E-state index is 12.9. The molecule has 1 N–H and O–H groups in total. The van der Waals surface area contributed by atoms with E-state index in [1.807, 2.05) is 65.4 Å². The first-order valence-electron chi connectivity index (χ1n) is 11.3. The van der Waals surface area contributed by atoms with Crippen molar-refractivity contribution < 1.29 is 30.5 Å². The van der Waals surface area contributed by atoms with E-state index in [-0.39, 0.29) is 4.90 Å². The minimum absolute atomic E-state index is 0.245. The number of halogens is 3. The first-order chi connectivity index (χ1) is 18.6. The lowest BCUT2D eigenvalue weighted by atomic mass is 10.1. The number of benzene rings is 3. The predicted octanol–water partition coefficient (Wildman–Crippen LogP) is 7.54. The Morgan fingerprint density at radius 3 is 2.05 bits per heavy atom. The van der Waals surface area contributed by atoms with Gasteiger partial charge in [-0.2, -0.15) is 23.3 Å². The maximum Gasteiger partial charge on any atom is 0.451 e. The summed E-state index contributed by atoms with van der Waals surface area (Å²) < 4.78 is 76.2. The number of azo groups is 1. The van der Waals surface area contributed by atoms with E-state index >= 15 is 0 Å². The molecule has 13 heteroatoms. The standard InChI is InChI=1S/C26H18F3N5O4S/c1-16-24(26(27,28)29)37-25(30-16)34-39(35,36)20-14-12-19(13-15-20)31-32-22-21(17-8-4-2-5-9-17)33-38-23(22)18-10-6-3-7-11-18/h2-15H,1H3,(H,30,34). The second kappa shape index (κ2) is 10.2. The highest BCUT2D eigenvalue weighted by Crippen LogP contribution is 2.40. The molecule has 198 valence electrons. The number of hydrogen-bond acceptors (Lipinski definition) is 8. The van der Waals surface area contributed by atoms with Gasteiger partial charge >= 0.3 is 12.2 Å². The van der Waals surface area contributed by atoms with Gasteiger partial charge in [0.25, 0.3) is 10.0 Å². The van der Waals surface area contributed by atoms with Gasteiger partial charge in [-0.15, -0.1) is 5.11 Å². The zero-order chi connectivity index (χ0) is 27.6. The molecule has 5 aromatic rings. The summed E-state index contributed by atoms with van der Waals surface area (Å²) in [7, 11) is -4.29. The third-order valence-corrected chi connectivity index (χ3v) is 6.78. The summed E-state index contributed by atoms with van der Waals surface area (Å²) >= 11 is 0. The molecule has 0 fully saturated rings. The number of alkyl halides is 3. The van der Waals surface area contributed by atoms with E-state index in [0.29, 0.717) is 22.8 Å². The highest BCUT2D eigenvalue weighted by atomic mass is 32.2. The van der Waals surface area contributed by atoms with Gasteiger partial charge in [0.15, 0.2) is 11.4 Å². The van der Waals surface area contributed by atoms with E-state index in [0.717, 1.165) is 18.1 Å². The number of sulfonamides is 1. The fourth-order valence-corrected chi connectivity index (χ4v) is 4.55. The topological polar surface area (TPSA) is 123 Å². The van der Waals surface area contributed by atoms with Gasteiger partial charge in [0.2, 0.25) is 5.76 Å². The Bertz CT molecular complexity index is 1680. The van der Waals surface area contributed by atoms with Crippen LogP contribution in [0.15, 0.2) is 109 Å². The maximum atomic E-state index is 12.9. The van der Waals surface area contributed by atoms with Crippen LogP contribution in [-0.4, -0.2) is 18.6 Å². The van der Waals surface area contributed by atoms with Crippen LogP contribution in [0.25, 0.3) is 22.6 Å². The Kier molecular flexibility index (Phi) is 6.74. The molecule has 0 aliphatic rings. The van der Waals surface area contributed by atoms with Gasteiger partial charge in [-0.1, -0.05) is 65.8 Å². The number of nitrogens with zero attached hydrogens (tertiary/aromatic N) is 4. The van der Waals surface area contributed by atoms with E-state index < -0.39 is 33.7 Å². The molecule has 0 aliphatic heterocycles. The van der Waals surface area contributed by atoms with E-state index in [1.165, 1.54) is 24.3 Å². The average Bonchev–Trinajstić information content (AvgIpc) is 3.51. The molecule has 2 heterocycles. The Balaban J connectivity index is 1.41. The molecule has 3 aromatic carbocycles. The second-order valence-corrected chi connectivity index (χ2v) is 9.85. The number of hydrogen-bond donors (Lipinski definition) is 1. The molecule has 0 spiro atoms. The lowest BCUT2D eigenvalue weighted by Gasteiger charge is -2.05. The first-order valence-corrected chi connectivity index (χ1v) is 12.8. The fraction of sp³-hybridized carbons (Fsp3) is 0.0769. The highest BCUT2D eigenvalue weighted by molar-refractivity contribution is 7.92. The molecular weight excluding hydrogens is 535 g/mol. The molecule has 0 unspecified atom stereocenters. The van der Waals surface area contributed by atoms with E-state index in [1.54, 1.807) is 0 Å². The molecule has 5 rings (SSSR count). The molecule has 39 heavy (non-hydrogen) atoms. The number of rotatable bonds is 7. The molecule has 0 saturated heterocycles. The third-order valence-electron chi connectivity index (χ3n) is 5.44. The van der Waals surface area contributed by atoms with Crippen molar-refractivity contribution >= 4 is 27.4 Å². The zero-order valence-electron chi connectivity index (χ0n) is 20.0. The SMILES string of the molecule is Cc1nc(NS(=O)(=O)c2ccc(N=Nc3c(-c4ccccc4)noc3-c3ccccc3)cc2)oc1C(F)(F)F. The molecule has 0 bridgehead atoms. The van der Waals surface area contributed by atoms with Crippen molar-refractivity contribution in [1.29, 1.82) is 0 Å². The molecule has 0 amide bonds. The van der Waals surface area contributed by atoms with Gasteiger partial charge in [0, 0.05) is 11.1 Å². The molecule has 0 saturated carbocycles. The van der Waals surface area contributed by atoms with Crippen LogP contribution in [0.2, 0.25) is 0 Å². The van der Waals surface area contributed by atoms with Crippen molar-refractivity contribution in [2.45, 2.75) is 18.0 Å². The molecular formula is C26H18F3N5O4S. The summed E-state index contributed by atoms with van der Waals surface area (Å²) in [5.41, 5.74) is 2.17. The Morgan fingerprint density at radius 2 is 1.46 bits per heavy atom. The monoisotopic (exact) mass is 553 g/mol. The number of anilines is 1. The normalized spacial score (nSPS) is 12.2. The van der Waals surface area contributed by atoms with Crippen molar-refractivity contribution in [3.05, 3.63) is 96.4 Å². The summed E-state index contributed by atoms with van der Waals surface area (Å²) in [6, 6.07) is 22.9. The Labute approximate surface area is 220 Å². The smallest absolute Gasteiger partial charge is 0.418 e. The minimum atomic E-state index is -4.81. The van der Waals surface area contributed by atoms with Crippen molar-refractivity contribution in [1.82, 2.24) is 10.1 Å². The van der Waals surface area contributed by atoms with Crippen molar-refractivity contribution in [3.8, 4) is 22.6 Å². The molecule has 0 aliphatic carbocycles. The summed E-state index contributed by atoms with van der Waals surface area (Å²) in [5.74, 6) is -0.976. The number of aromatic nitrogens is 2. The number of aryl methyl sites for hydroxylation is 1. The summed E-state index contributed by atoms with van der Waals surface area (Å²) in [6.07, 6.45) is -4.81. The fourth-order valence-electron chi connectivity index (χ4n) is 3.62. The quantitative estimate of drug-likeness (QED) is 0.208. The Morgan fingerprint density at radius 1 is 0.846 bits per heavy atom. The van der Waals surface area contributed by atoms with Gasteiger partial charge in [-0.05, 0) is 31.2 Å². The second-order valence-electron chi connectivity index (χ2n) is 8.17. The van der Waals surface area contributed by atoms with Crippen molar-refractivity contribution in [3.63, 3.8) is 0 Å². The van der Waals surface area contributed by atoms with Crippen LogP contribution in [0.3, 0.4) is 0 Å². The lowest BCUT2D eigenvalue weighted by molar-refractivity contribution is -0.153. The van der Waals surface area contributed by atoms with Gasteiger partial charge in [-0.25, -0.2) is 13.1 Å². The van der Waals surface area contributed by atoms with Crippen molar-refractivity contribution in [2.75, 3.05) is 4.72 Å². The molecule has 0 radical (unpaired) electrons. The summed E-state index contributed by atoms with van der Waals surface area (Å²) in [6.45, 7) is 1.06. The van der Waals surface area contributed by atoms with Crippen LogP contribution < -0.4 is 4.72 Å².